The molecule has 0 saturated heterocycles. The first kappa shape index (κ1) is 53.6. The van der Waals surface area contributed by atoms with Gasteiger partial charge < -0.3 is 10.1 Å². The zero-order chi connectivity index (χ0) is 53.6. The van der Waals surface area contributed by atoms with Crippen LogP contribution in [0.3, 0.4) is 0 Å². The number of hydrogen-bond donors (Lipinski definition) is 2. The van der Waals surface area contributed by atoms with Gasteiger partial charge in [-0.05, 0) is 65.2 Å². The molecule has 4 heterocycles. The molecule has 3 aliphatic rings. The van der Waals surface area contributed by atoms with Gasteiger partial charge in [0.25, 0.3) is 17.7 Å². The van der Waals surface area contributed by atoms with E-state index in [-0.39, 0.29) is 53.4 Å². The third kappa shape index (κ3) is 11.5. The van der Waals surface area contributed by atoms with Gasteiger partial charge in [-0.15, -0.1) is 0 Å². The van der Waals surface area contributed by atoms with Crippen molar-refractivity contribution in [1.82, 2.24) is 14.8 Å². The minimum absolute atomic E-state index is 0.0459. The molecule has 0 atom stereocenters. The molecule has 0 unspecified atom stereocenters. The highest BCUT2D eigenvalue weighted by molar-refractivity contribution is 9.11. The minimum atomic E-state index is -0.465. The molecule has 0 spiro atoms. The van der Waals surface area contributed by atoms with E-state index >= 15 is 0 Å². The van der Waals surface area contributed by atoms with Crippen molar-refractivity contribution in [1.29, 1.82) is 0 Å². The molecule has 1 aromatic heterocycles. The van der Waals surface area contributed by atoms with Crippen LogP contribution in [0.25, 0.3) is 22.7 Å². The SMILES string of the molecule is O=C(CBr)c1ccccc1.O=C(CN1C(=O)C2=C(c3ccc(Br)cc3)N(CC(=O)c3ccccc3)C(=O)C2=C1c1ccc(Br)cc1)c1ccccc1.O=C1N=C(c2ccc(Br)cc2)c2c(O)[nH]c(-c3ccc(Br)cc3)c21. The number of hydrogen-bond acceptors (Lipinski definition) is 7. The Labute approximate surface area is 478 Å². The number of benzene rings is 7. The number of halogens is 5. The van der Waals surface area contributed by atoms with E-state index in [9.17, 15) is 33.9 Å². The topological polar surface area (TPSA) is 157 Å². The first-order valence-electron chi connectivity index (χ1n) is 23.3. The van der Waals surface area contributed by atoms with Crippen LogP contribution in [-0.4, -0.2) is 79.1 Å². The van der Waals surface area contributed by atoms with Crippen molar-refractivity contribution >= 4 is 132 Å². The van der Waals surface area contributed by atoms with Crippen molar-refractivity contribution in [2.75, 3.05) is 18.4 Å². The first-order chi connectivity index (χ1) is 36.7. The van der Waals surface area contributed by atoms with Crippen LogP contribution < -0.4 is 0 Å². The normalized spacial score (nSPS) is 13.4. The molecule has 8 aromatic rings. The zero-order valence-electron chi connectivity index (χ0n) is 39.6. The largest absolute Gasteiger partial charge is 0.494 e. The number of rotatable bonds is 12. The summed E-state index contributed by atoms with van der Waals surface area (Å²) in [7, 11) is 0. The molecule has 16 heteroatoms. The maximum absolute atomic E-state index is 14.3. The van der Waals surface area contributed by atoms with E-state index in [0.717, 1.165) is 34.6 Å². The summed E-state index contributed by atoms with van der Waals surface area (Å²) in [5.41, 5.74) is 7.50. The van der Waals surface area contributed by atoms with Crippen LogP contribution in [0, 0.1) is 0 Å². The van der Waals surface area contributed by atoms with Gasteiger partial charge in [0.05, 0.1) is 63.5 Å². The molecular weight excluding hydrogens is 1290 g/mol. The highest BCUT2D eigenvalue weighted by atomic mass is 79.9. The van der Waals surface area contributed by atoms with Gasteiger partial charge in [-0.25, -0.2) is 4.99 Å². The Bertz CT molecular complexity index is 3520. The fourth-order valence-electron chi connectivity index (χ4n) is 8.73. The molecule has 0 bridgehead atoms. The number of aromatic amines is 1. The number of ketones is 3. The lowest BCUT2D eigenvalue weighted by atomic mass is 10.0. The second-order valence-corrected chi connectivity index (χ2v) is 21.3. The molecule has 376 valence electrons. The molecule has 3 amide bonds. The van der Waals surface area contributed by atoms with Crippen LogP contribution in [-0.2, 0) is 9.59 Å². The number of aromatic hydroxyl groups is 1. The highest BCUT2D eigenvalue weighted by Crippen LogP contribution is 2.47. The van der Waals surface area contributed by atoms with Gasteiger partial charge in [0.2, 0.25) is 0 Å². The Hall–Kier alpha value is -7.21. The van der Waals surface area contributed by atoms with Gasteiger partial charge >= 0.3 is 0 Å². The van der Waals surface area contributed by atoms with Gasteiger partial charge in [-0.2, -0.15) is 0 Å². The molecule has 76 heavy (non-hydrogen) atoms. The van der Waals surface area contributed by atoms with E-state index in [4.69, 9.17) is 0 Å². The second-order valence-electron chi connectivity index (χ2n) is 17.1. The third-order valence-corrected chi connectivity index (χ3v) is 14.9. The van der Waals surface area contributed by atoms with Crippen LogP contribution in [0.1, 0.15) is 63.7 Å². The molecule has 7 aromatic carbocycles. The Kier molecular flexibility index (Phi) is 16.8. The molecule has 0 saturated carbocycles. The van der Waals surface area contributed by atoms with E-state index in [1.807, 2.05) is 115 Å². The van der Waals surface area contributed by atoms with Crippen molar-refractivity contribution in [2.24, 2.45) is 4.99 Å². The summed E-state index contributed by atoms with van der Waals surface area (Å²) in [5.74, 6) is -1.71. The zero-order valence-corrected chi connectivity index (χ0v) is 47.6. The fourth-order valence-corrected chi connectivity index (χ4v) is 10.1. The number of alkyl halides is 1. The monoisotopic (exact) mass is 1320 g/mol. The second kappa shape index (κ2) is 23.8. The number of nitrogens with zero attached hydrogens (tertiary/aromatic N) is 3. The van der Waals surface area contributed by atoms with Crippen molar-refractivity contribution < 1.29 is 33.9 Å². The number of nitrogens with one attached hydrogen (secondary N) is 1. The molecule has 0 aliphatic carbocycles. The van der Waals surface area contributed by atoms with Crippen LogP contribution in [0.2, 0.25) is 0 Å². The Morgan fingerprint density at radius 2 is 0.789 bits per heavy atom. The summed E-state index contributed by atoms with van der Waals surface area (Å²) >= 11 is 16.8. The summed E-state index contributed by atoms with van der Waals surface area (Å²) in [4.78, 5) is 88.6. The maximum atomic E-state index is 14.3. The third-order valence-electron chi connectivity index (χ3n) is 12.3. The number of carbonyl (C=O) groups excluding carboxylic acids is 6. The Morgan fingerprint density at radius 3 is 1.16 bits per heavy atom. The summed E-state index contributed by atoms with van der Waals surface area (Å²) in [6, 6.07) is 56.2. The number of fused-ring (bicyclic) bond motifs is 2. The molecule has 0 radical (unpaired) electrons. The van der Waals surface area contributed by atoms with Gasteiger partial charge in [0.1, 0.15) is 0 Å². The molecule has 0 fully saturated rings. The van der Waals surface area contributed by atoms with Crippen LogP contribution in [0.5, 0.6) is 5.88 Å². The maximum Gasteiger partial charge on any atom is 0.280 e. The lowest BCUT2D eigenvalue weighted by molar-refractivity contribution is -0.123. The molecule has 11 rings (SSSR count). The Balaban J connectivity index is 0.000000172. The van der Waals surface area contributed by atoms with Crippen molar-refractivity contribution in [3.8, 4) is 17.1 Å². The summed E-state index contributed by atoms with van der Waals surface area (Å²) in [5, 5.41) is 10.8. The van der Waals surface area contributed by atoms with E-state index in [0.29, 0.717) is 61.5 Å². The van der Waals surface area contributed by atoms with Crippen LogP contribution in [0.15, 0.2) is 222 Å². The summed E-state index contributed by atoms with van der Waals surface area (Å²) in [6.07, 6.45) is 0. The number of Topliss-reactive ketones (excluding diaryl/α,β-unsaturated/α-hetero) is 3. The number of H-pyrrole nitrogens is 1. The number of amides is 3. The van der Waals surface area contributed by atoms with Crippen molar-refractivity contribution in [3.05, 3.63) is 262 Å². The van der Waals surface area contributed by atoms with Gasteiger partial charge in [0.15, 0.2) is 23.2 Å². The van der Waals surface area contributed by atoms with E-state index < -0.39 is 11.8 Å². The van der Waals surface area contributed by atoms with E-state index in [2.05, 4.69) is 89.6 Å². The highest BCUT2D eigenvalue weighted by Gasteiger charge is 2.49. The molecule has 3 aliphatic heterocycles. The molecule has 2 N–H and O–H groups in total. The van der Waals surface area contributed by atoms with Gasteiger partial charge in [0, 0.05) is 40.1 Å². The molecular formula is C60H39Br5N4O7. The number of aromatic nitrogens is 1. The van der Waals surface area contributed by atoms with Crippen molar-refractivity contribution in [2.45, 2.75) is 0 Å². The predicted molar refractivity (Wildman–Crippen MR) is 311 cm³/mol. The van der Waals surface area contributed by atoms with E-state index in [1.165, 1.54) is 9.80 Å². The lowest BCUT2D eigenvalue weighted by Crippen LogP contribution is -2.35. The average molecular weight is 1330 g/mol. The number of aliphatic imine (C=N–C) groups is 1. The standard InChI is InChI=1S/C34H22Br2N2O4.C18H10Br2N2O2.C8H7BrO/c35-25-15-11-23(12-16-25)31-29-30(33(41)37(31)19-27(39)21-7-3-1-4-8-21)32(24-13-17-26(36)18-14-24)38(34(29)42)20-28(40)22-9-5-2-6-10-22;19-11-5-1-9(2-6-11)15-13-14(18(24)21-15)16(22-17(13)23)10-3-7-12(20)8-4-10;9-6-8(10)7-4-2-1-3-5-7/h1-18H,19-20H2;1-8,21,24H;1-5H,6H2. The van der Waals surface area contributed by atoms with Crippen LogP contribution >= 0.6 is 79.6 Å². The predicted octanol–water partition coefficient (Wildman–Crippen LogP) is 14.0. The lowest BCUT2D eigenvalue weighted by Gasteiger charge is -2.25. The van der Waals surface area contributed by atoms with Gasteiger partial charge in [-0.3, -0.25) is 38.6 Å². The minimum Gasteiger partial charge on any atom is -0.494 e. The van der Waals surface area contributed by atoms with E-state index in [1.54, 1.807) is 72.8 Å². The summed E-state index contributed by atoms with van der Waals surface area (Å²) < 4.78 is 3.53. The summed E-state index contributed by atoms with van der Waals surface area (Å²) in [6.45, 7) is -0.490. The quantitative estimate of drug-likeness (QED) is 0.0910. The Morgan fingerprint density at radius 1 is 0.447 bits per heavy atom. The smallest absolute Gasteiger partial charge is 0.280 e. The fraction of sp³-hybridized carbons (Fsp3) is 0.0500. The first-order valence-corrected chi connectivity index (χ1v) is 27.6. The van der Waals surface area contributed by atoms with Crippen LogP contribution in [0.4, 0.5) is 0 Å². The van der Waals surface area contributed by atoms with Gasteiger partial charge in [-0.1, -0.05) is 219 Å². The number of carbonyl (C=O) groups is 6. The average Bonchev–Trinajstić information content (AvgIpc) is 4.17. The van der Waals surface area contributed by atoms with Crippen molar-refractivity contribution in [3.63, 3.8) is 0 Å². The molecule has 11 nitrogen and oxygen atoms in total.